The number of nitrogens with zero attached hydrogens (tertiary/aromatic N) is 2. The summed E-state index contributed by atoms with van der Waals surface area (Å²) >= 11 is 0. The molecule has 0 radical (unpaired) electrons. The summed E-state index contributed by atoms with van der Waals surface area (Å²) in [6.45, 7) is 3.44. The van der Waals surface area contributed by atoms with Crippen LogP contribution in [0.4, 0.5) is 4.39 Å². The molecule has 0 saturated heterocycles. The van der Waals surface area contributed by atoms with E-state index in [9.17, 15) is 9.18 Å². The number of hydrogen-bond acceptors (Lipinski definition) is 5. The maximum absolute atomic E-state index is 13.1. The van der Waals surface area contributed by atoms with E-state index in [0.717, 1.165) is 12.5 Å². The van der Waals surface area contributed by atoms with Crippen LogP contribution in [-0.2, 0) is 13.0 Å². The second-order valence-electron chi connectivity index (χ2n) is 4.34. The molecule has 0 spiro atoms. The van der Waals surface area contributed by atoms with E-state index in [1.165, 1.54) is 19.1 Å². The lowest BCUT2D eigenvalue weighted by atomic mass is 10.1. The summed E-state index contributed by atoms with van der Waals surface area (Å²) in [6, 6.07) is 3.80. The second kappa shape index (κ2) is 6.27. The van der Waals surface area contributed by atoms with Crippen LogP contribution in [0.1, 0.15) is 42.3 Å². The smallest absolute Gasteiger partial charge is 0.226 e. The fourth-order valence-electron chi connectivity index (χ4n) is 1.71. The van der Waals surface area contributed by atoms with Crippen LogP contribution in [0.15, 0.2) is 22.7 Å². The lowest BCUT2D eigenvalue weighted by Crippen LogP contribution is -2.03. The summed E-state index contributed by atoms with van der Waals surface area (Å²) in [4.78, 5) is 15.6. The van der Waals surface area contributed by atoms with Crippen molar-refractivity contribution in [3.05, 3.63) is 41.3 Å². The van der Waals surface area contributed by atoms with Crippen molar-refractivity contribution in [2.75, 3.05) is 0 Å². The number of hydrogen-bond donors (Lipinski definition) is 0. The van der Waals surface area contributed by atoms with Gasteiger partial charge in [-0.05, 0) is 31.5 Å². The van der Waals surface area contributed by atoms with Crippen molar-refractivity contribution >= 4 is 5.78 Å². The zero-order valence-corrected chi connectivity index (χ0v) is 11.4. The average Bonchev–Trinajstić information content (AvgIpc) is 2.85. The van der Waals surface area contributed by atoms with Crippen molar-refractivity contribution in [1.29, 1.82) is 0 Å². The van der Waals surface area contributed by atoms with Crippen molar-refractivity contribution in [3.8, 4) is 5.75 Å². The predicted octanol–water partition coefficient (Wildman–Crippen LogP) is 2.94. The SMILES string of the molecule is CCCc1nc(COc2ccc(F)cc2C(C)=O)no1. The summed E-state index contributed by atoms with van der Waals surface area (Å²) in [7, 11) is 0. The number of benzene rings is 1. The third-order valence-corrected chi connectivity index (χ3v) is 2.65. The van der Waals surface area contributed by atoms with Crippen LogP contribution in [0.2, 0.25) is 0 Å². The van der Waals surface area contributed by atoms with E-state index in [0.29, 0.717) is 23.9 Å². The standard InChI is InChI=1S/C14H15FN2O3/c1-3-4-14-16-13(17-20-14)8-19-12-6-5-10(15)7-11(12)9(2)18/h5-7H,3-4,8H2,1-2H3. The number of carbonyl (C=O) groups excluding carboxylic acids is 1. The van der Waals surface area contributed by atoms with E-state index in [-0.39, 0.29) is 18.0 Å². The topological polar surface area (TPSA) is 65.2 Å². The minimum absolute atomic E-state index is 0.0686. The van der Waals surface area contributed by atoms with E-state index in [4.69, 9.17) is 9.26 Å². The summed E-state index contributed by atoms with van der Waals surface area (Å²) in [5, 5.41) is 3.77. The predicted molar refractivity (Wildman–Crippen MR) is 69.0 cm³/mol. The molecule has 106 valence electrons. The van der Waals surface area contributed by atoms with Crippen molar-refractivity contribution in [1.82, 2.24) is 10.1 Å². The Morgan fingerprint density at radius 2 is 2.25 bits per heavy atom. The first kappa shape index (κ1) is 14.2. The molecule has 0 N–H and O–H groups in total. The second-order valence-corrected chi connectivity index (χ2v) is 4.34. The van der Waals surface area contributed by atoms with Gasteiger partial charge in [0.25, 0.3) is 0 Å². The van der Waals surface area contributed by atoms with Gasteiger partial charge < -0.3 is 9.26 Å². The highest BCUT2D eigenvalue weighted by Crippen LogP contribution is 2.21. The average molecular weight is 278 g/mol. The van der Waals surface area contributed by atoms with E-state index in [1.54, 1.807) is 0 Å². The molecule has 0 aliphatic carbocycles. The summed E-state index contributed by atoms with van der Waals surface area (Å²) < 4.78 is 23.6. The van der Waals surface area contributed by atoms with E-state index < -0.39 is 5.82 Å². The van der Waals surface area contributed by atoms with Crippen LogP contribution in [0.5, 0.6) is 5.75 Å². The summed E-state index contributed by atoms with van der Waals surface area (Å²) in [5.74, 6) is 0.511. The van der Waals surface area contributed by atoms with Gasteiger partial charge in [0, 0.05) is 6.42 Å². The minimum Gasteiger partial charge on any atom is -0.485 e. The highest BCUT2D eigenvalue weighted by molar-refractivity contribution is 5.96. The maximum atomic E-state index is 13.1. The normalized spacial score (nSPS) is 10.6. The maximum Gasteiger partial charge on any atom is 0.226 e. The number of ketones is 1. The van der Waals surface area contributed by atoms with E-state index in [2.05, 4.69) is 10.1 Å². The molecule has 0 bridgehead atoms. The first-order chi connectivity index (χ1) is 9.60. The van der Waals surface area contributed by atoms with E-state index in [1.807, 2.05) is 6.92 Å². The molecule has 1 aromatic carbocycles. The third-order valence-electron chi connectivity index (χ3n) is 2.65. The molecule has 0 aliphatic rings. The van der Waals surface area contributed by atoms with Crippen molar-refractivity contribution < 1.29 is 18.4 Å². The molecule has 0 fully saturated rings. The van der Waals surface area contributed by atoms with Gasteiger partial charge in [-0.2, -0.15) is 4.98 Å². The Balaban J connectivity index is 2.08. The van der Waals surface area contributed by atoms with Gasteiger partial charge >= 0.3 is 0 Å². The quantitative estimate of drug-likeness (QED) is 0.760. The molecule has 1 heterocycles. The fraction of sp³-hybridized carbons (Fsp3) is 0.357. The van der Waals surface area contributed by atoms with Gasteiger partial charge in [-0.3, -0.25) is 4.79 Å². The summed E-state index contributed by atoms with van der Waals surface area (Å²) in [6.07, 6.45) is 1.62. The van der Waals surface area contributed by atoms with Crippen LogP contribution in [0, 0.1) is 5.82 Å². The number of ether oxygens (including phenoxy) is 1. The Morgan fingerprint density at radius 3 is 2.95 bits per heavy atom. The van der Waals surface area contributed by atoms with Crippen LogP contribution in [0.25, 0.3) is 0 Å². The number of aryl methyl sites for hydroxylation is 1. The zero-order valence-electron chi connectivity index (χ0n) is 11.4. The molecule has 5 nitrogen and oxygen atoms in total. The molecule has 2 aromatic rings. The Labute approximate surface area is 115 Å². The Hall–Kier alpha value is -2.24. The lowest BCUT2D eigenvalue weighted by Gasteiger charge is -2.07. The van der Waals surface area contributed by atoms with Crippen LogP contribution in [-0.4, -0.2) is 15.9 Å². The fourth-order valence-corrected chi connectivity index (χ4v) is 1.71. The molecule has 0 aliphatic heterocycles. The Morgan fingerprint density at radius 1 is 1.45 bits per heavy atom. The first-order valence-corrected chi connectivity index (χ1v) is 6.35. The Kier molecular flexibility index (Phi) is 4.45. The van der Waals surface area contributed by atoms with Crippen molar-refractivity contribution in [2.45, 2.75) is 33.3 Å². The molecule has 0 atom stereocenters. The molecule has 20 heavy (non-hydrogen) atoms. The number of Topliss-reactive ketones (excluding diaryl/α,β-unsaturated/α-hetero) is 1. The van der Waals surface area contributed by atoms with Gasteiger partial charge in [0.05, 0.1) is 5.56 Å². The first-order valence-electron chi connectivity index (χ1n) is 6.35. The number of carbonyl (C=O) groups is 1. The number of aromatic nitrogens is 2. The molecular weight excluding hydrogens is 263 g/mol. The van der Waals surface area contributed by atoms with E-state index >= 15 is 0 Å². The van der Waals surface area contributed by atoms with Crippen LogP contribution >= 0.6 is 0 Å². The molecule has 6 heteroatoms. The van der Waals surface area contributed by atoms with Gasteiger partial charge in [0.15, 0.2) is 12.4 Å². The third kappa shape index (κ3) is 3.40. The van der Waals surface area contributed by atoms with Crippen molar-refractivity contribution in [3.63, 3.8) is 0 Å². The number of halogens is 1. The van der Waals surface area contributed by atoms with Gasteiger partial charge in [-0.1, -0.05) is 12.1 Å². The molecule has 1 aromatic heterocycles. The molecule has 0 saturated carbocycles. The molecule has 0 unspecified atom stereocenters. The van der Waals surface area contributed by atoms with Crippen LogP contribution < -0.4 is 4.74 Å². The largest absolute Gasteiger partial charge is 0.485 e. The number of rotatable bonds is 6. The van der Waals surface area contributed by atoms with Gasteiger partial charge in [-0.25, -0.2) is 4.39 Å². The summed E-state index contributed by atoms with van der Waals surface area (Å²) in [5.41, 5.74) is 0.197. The molecule has 2 rings (SSSR count). The van der Waals surface area contributed by atoms with Crippen molar-refractivity contribution in [2.24, 2.45) is 0 Å². The zero-order chi connectivity index (χ0) is 14.5. The Bertz CT molecular complexity index is 610. The molecule has 0 amide bonds. The highest BCUT2D eigenvalue weighted by Gasteiger charge is 2.12. The van der Waals surface area contributed by atoms with Crippen LogP contribution in [0.3, 0.4) is 0 Å². The van der Waals surface area contributed by atoms with Gasteiger partial charge in [0.1, 0.15) is 11.6 Å². The van der Waals surface area contributed by atoms with Gasteiger partial charge in [0.2, 0.25) is 11.7 Å². The monoisotopic (exact) mass is 278 g/mol. The molecular formula is C14H15FN2O3. The lowest BCUT2D eigenvalue weighted by molar-refractivity contribution is 0.101. The highest BCUT2D eigenvalue weighted by atomic mass is 19.1. The minimum atomic E-state index is -0.479. The van der Waals surface area contributed by atoms with Gasteiger partial charge in [-0.15, -0.1) is 0 Å².